The second-order valence-corrected chi connectivity index (χ2v) is 4.33. The van der Waals surface area contributed by atoms with E-state index in [-0.39, 0.29) is 0 Å². The normalized spacial score (nSPS) is 20.4. The largest absolute Gasteiger partial charge is 0.416 e. The molecule has 0 aliphatic heterocycles. The first-order valence-electron chi connectivity index (χ1n) is 5.43. The number of rotatable bonds is 0. The van der Waals surface area contributed by atoms with Crippen LogP contribution in [0.4, 0.5) is 13.2 Å². The molecule has 0 fully saturated rings. The zero-order valence-corrected chi connectivity index (χ0v) is 9.73. The fraction of sp³-hybridized carbons (Fsp3) is 0.286. The number of alkyl halides is 3. The Balaban J connectivity index is 2.26. The van der Waals surface area contributed by atoms with Gasteiger partial charge in [-0.05, 0) is 42.6 Å². The van der Waals surface area contributed by atoms with Crippen LogP contribution >= 0.6 is 0 Å². The Labute approximate surface area is 98.5 Å². The number of hydrogen-bond donors (Lipinski definition) is 0. The molecule has 0 atom stereocenters. The lowest BCUT2D eigenvalue weighted by Gasteiger charge is -2.13. The second-order valence-electron chi connectivity index (χ2n) is 4.33. The summed E-state index contributed by atoms with van der Waals surface area (Å²) in [4.78, 5) is 0. The van der Waals surface area contributed by atoms with Crippen LogP contribution in [0, 0.1) is 0 Å². The predicted octanol–water partition coefficient (Wildman–Crippen LogP) is 4.64. The van der Waals surface area contributed by atoms with Crippen molar-refractivity contribution in [2.45, 2.75) is 26.4 Å². The van der Waals surface area contributed by atoms with E-state index in [1.54, 1.807) is 6.08 Å². The summed E-state index contributed by atoms with van der Waals surface area (Å²) in [5.41, 5.74) is 3.75. The Morgan fingerprint density at radius 2 is 1.59 bits per heavy atom. The second kappa shape index (κ2) is 4.06. The van der Waals surface area contributed by atoms with E-state index in [0.717, 1.165) is 17.2 Å². The molecule has 0 saturated carbocycles. The molecule has 3 heteroatoms. The third-order valence-electron chi connectivity index (χ3n) is 3.07. The van der Waals surface area contributed by atoms with E-state index in [1.807, 2.05) is 26.0 Å². The van der Waals surface area contributed by atoms with Crippen molar-refractivity contribution in [3.05, 3.63) is 58.2 Å². The van der Waals surface area contributed by atoms with Gasteiger partial charge in [0.05, 0.1) is 5.57 Å². The molecule has 0 saturated heterocycles. The summed E-state index contributed by atoms with van der Waals surface area (Å²) >= 11 is 0. The molecule has 0 spiro atoms. The minimum Gasteiger partial charge on any atom is -0.166 e. The summed E-state index contributed by atoms with van der Waals surface area (Å²) in [6.07, 6.45) is 4.09. The van der Waals surface area contributed by atoms with Crippen molar-refractivity contribution in [3.8, 4) is 0 Å². The topological polar surface area (TPSA) is 0 Å². The Hall–Kier alpha value is -1.51. The molecule has 2 aliphatic carbocycles. The van der Waals surface area contributed by atoms with Crippen LogP contribution in [0.25, 0.3) is 0 Å². The van der Waals surface area contributed by atoms with Gasteiger partial charge < -0.3 is 0 Å². The summed E-state index contributed by atoms with van der Waals surface area (Å²) in [6, 6.07) is 0. The van der Waals surface area contributed by atoms with Gasteiger partial charge in [0.1, 0.15) is 0 Å². The molecule has 2 aliphatic rings. The van der Waals surface area contributed by atoms with Gasteiger partial charge in [-0.2, -0.15) is 13.2 Å². The summed E-state index contributed by atoms with van der Waals surface area (Å²) in [5, 5.41) is 0. The molecular formula is C14H13F3. The Morgan fingerprint density at radius 3 is 2.00 bits per heavy atom. The molecule has 0 N–H and O–H groups in total. The van der Waals surface area contributed by atoms with Crippen molar-refractivity contribution >= 4 is 0 Å². The summed E-state index contributed by atoms with van der Waals surface area (Å²) in [7, 11) is 0. The lowest BCUT2D eigenvalue weighted by molar-refractivity contribution is -0.0885. The fourth-order valence-corrected chi connectivity index (χ4v) is 1.89. The molecule has 0 heterocycles. The van der Waals surface area contributed by atoms with Crippen LogP contribution in [0.2, 0.25) is 0 Å². The van der Waals surface area contributed by atoms with Crippen LogP contribution in [0.3, 0.4) is 0 Å². The van der Waals surface area contributed by atoms with Gasteiger partial charge in [-0.3, -0.25) is 0 Å². The van der Waals surface area contributed by atoms with Gasteiger partial charge in [0.15, 0.2) is 0 Å². The Morgan fingerprint density at radius 1 is 1.00 bits per heavy atom. The molecule has 0 aromatic heterocycles. The highest BCUT2D eigenvalue weighted by molar-refractivity contribution is 5.56. The summed E-state index contributed by atoms with van der Waals surface area (Å²) in [6.45, 7) is 4.01. The molecule has 0 radical (unpaired) electrons. The average molecular weight is 238 g/mol. The number of hydrogen-bond acceptors (Lipinski definition) is 0. The molecule has 0 bridgehead atoms. The van der Waals surface area contributed by atoms with Crippen molar-refractivity contribution in [1.82, 2.24) is 0 Å². The van der Waals surface area contributed by atoms with Gasteiger partial charge in [-0.1, -0.05) is 30.4 Å². The van der Waals surface area contributed by atoms with Crippen LogP contribution in [-0.2, 0) is 0 Å². The van der Waals surface area contributed by atoms with Crippen LogP contribution in [0.1, 0.15) is 20.3 Å². The van der Waals surface area contributed by atoms with E-state index in [9.17, 15) is 13.2 Å². The fourth-order valence-electron chi connectivity index (χ4n) is 1.89. The monoisotopic (exact) mass is 238 g/mol. The molecule has 2 rings (SSSR count). The third kappa shape index (κ3) is 2.43. The highest BCUT2D eigenvalue weighted by Gasteiger charge is 2.32. The van der Waals surface area contributed by atoms with Crippen molar-refractivity contribution < 1.29 is 13.2 Å². The molecule has 17 heavy (non-hydrogen) atoms. The maximum Gasteiger partial charge on any atom is 0.416 e. The average Bonchev–Trinajstić information content (AvgIpc) is 2.58. The van der Waals surface area contributed by atoms with Crippen LogP contribution in [-0.4, -0.2) is 6.18 Å². The van der Waals surface area contributed by atoms with Gasteiger partial charge in [0, 0.05) is 0 Å². The zero-order chi connectivity index (χ0) is 12.6. The van der Waals surface area contributed by atoms with E-state index in [0.29, 0.717) is 6.42 Å². The van der Waals surface area contributed by atoms with E-state index in [2.05, 4.69) is 0 Å². The molecule has 90 valence electrons. The minimum absolute atomic E-state index is 0.342. The number of halogens is 3. The van der Waals surface area contributed by atoms with Gasteiger partial charge >= 0.3 is 6.18 Å². The third-order valence-corrected chi connectivity index (χ3v) is 3.07. The molecule has 0 nitrogen and oxygen atoms in total. The van der Waals surface area contributed by atoms with E-state index >= 15 is 0 Å². The zero-order valence-electron chi connectivity index (χ0n) is 9.73. The Kier molecular flexibility index (Phi) is 2.86. The van der Waals surface area contributed by atoms with Crippen LogP contribution in [0.5, 0.6) is 0 Å². The quantitative estimate of drug-likeness (QED) is 0.576. The first-order chi connectivity index (χ1) is 7.88. The van der Waals surface area contributed by atoms with Gasteiger partial charge in [0.2, 0.25) is 0 Å². The van der Waals surface area contributed by atoms with E-state index < -0.39 is 11.7 Å². The standard InChI is InChI=1S/C14H13F3/c1-9-7-12(8-10(9)2)11-3-5-13(6-4-11)14(15,16)17/h3,5-8H,4H2,1-2H3. The molecule has 0 aromatic rings. The van der Waals surface area contributed by atoms with Gasteiger partial charge in [-0.25, -0.2) is 0 Å². The van der Waals surface area contributed by atoms with Crippen LogP contribution in [0.15, 0.2) is 58.2 Å². The van der Waals surface area contributed by atoms with Gasteiger partial charge in [-0.15, -0.1) is 0 Å². The van der Waals surface area contributed by atoms with Crippen molar-refractivity contribution in [1.29, 1.82) is 0 Å². The predicted molar refractivity (Wildman–Crippen MR) is 62.4 cm³/mol. The van der Waals surface area contributed by atoms with Gasteiger partial charge in [0.25, 0.3) is 0 Å². The van der Waals surface area contributed by atoms with Crippen molar-refractivity contribution in [2.75, 3.05) is 0 Å². The maximum atomic E-state index is 12.4. The van der Waals surface area contributed by atoms with Crippen molar-refractivity contribution in [3.63, 3.8) is 0 Å². The SMILES string of the molecule is CC1=CC(=C2C=CC(C(F)(F)F)=CC2)C=C1C. The maximum absolute atomic E-state index is 12.4. The molecule has 0 amide bonds. The lowest BCUT2D eigenvalue weighted by atomic mass is 9.97. The first-order valence-corrected chi connectivity index (χ1v) is 5.43. The summed E-state index contributed by atoms with van der Waals surface area (Å²) in [5.74, 6) is 0. The van der Waals surface area contributed by atoms with Crippen molar-refractivity contribution in [2.24, 2.45) is 0 Å². The smallest absolute Gasteiger partial charge is 0.166 e. The highest BCUT2D eigenvalue weighted by atomic mass is 19.4. The summed E-state index contributed by atoms with van der Waals surface area (Å²) < 4.78 is 37.2. The Bertz CT molecular complexity index is 474. The highest BCUT2D eigenvalue weighted by Crippen LogP contribution is 2.33. The van der Waals surface area contributed by atoms with E-state index in [1.165, 1.54) is 17.2 Å². The molecular weight excluding hydrogens is 225 g/mol. The lowest BCUT2D eigenvalue weighted by Crippen LogP contribution is -2.11. The first kappa shape index (κ1) is 12.0. The number of allylic oxidation sites excluding steroid dienone is 10. The minimum atomic E-state index is -4.24. The molecule has 0 aromatic carbocycles. The molecule has 0 unspecified atom stereocenters. The van der Waals surface area contributed by atoms with E-state index in [4.69, 9.17) is 0 Å². The van der Waals surface area contributed by atoms with Crippen LogP contribution < -0.4 is 0 Å².